The molecule has 2 N–H and O–H groups in total. The summed E-state index contributed by atoms with van der Waals surface area (Å²) in [5.41, 5.74) is 1.20. The van der Waals surface area contributed by atoms with Crippen LogP contribution < -0.4 is 5.32 Å². The Bertz CT molecular complexity index is 786. The van der Waals surface area contributed by atoms with Crippen molar-refractivity contribution in [3.05, 3.63) is 57.2 Å². The Morgan fingerprint density at radius 3 is 2.43 bits per heavy atom. The molecule has 0 aliphatic rings. The summed E-state index contributed by atoms with van der Waals surface area (Å²) < 4.78 is 6.47. The van der Waals surface area contributed by atoms with Crippen molar-refractivity contribution in [3.8, 4) is 5.75 Å². The molecule has 0 spiro atoms. The number of carbonyl (C=O) groups excluding carboxylic acids is 1. The number of hydrogen-bond acceptors (Lipinski definition) is 3. The topological polar surface area (TPSA) is 62.5 Å². The van der Waals surface area contributed by atoms with E-state index >= 15 is 0 Å². The van der Waals surface area contributed by atoms with Gasteiger partial charge in [-0.05, 0) is 56.1 Å². The third kappa shape index (κ3) is 2.82. The van der Waals surface area contributed by atoms with Gasteiger partial charge in [-0.1, -0.05) is 18.2 Å². The molecular formula is C15H9Br2NO3. The predicted molar refractivity (Wildman–Crippen MR) is 87.7 cm³/mol. The fourth-order valence-corrected chi connectivity index (χ4v) is 3.11. The molecule has 1 amide bonds. The maximum Gasteiger partial charge on any atom is 0.291 e. The van der Waals surface area contributed by atoms with Gasteiger partial charge in [0, 0.05) is 11.1 Å². The molecule has 0 fully saturated rings. The molecule has 0 atom stereocenters. The second-order valence-corrected chi connectivity index (χ2v) is 6.10. The first-order chi connectivity index (χ1) is 10.0. The number of nitrogens with one attached hydrogen (secondary N) is 1. The van der Waals surface area contributed by atoms with Crippen molar-refractivity contribution in [2.75, 3.05) is 5.32 Å². The average Bonchev–Trinajstić information content (AvgIpc) is 2.88. The molecule has 0 aliphatic carbocycles. The maximum absolute atomic E-state index is 12.2. The minimum absolute atomic E-state index is 0.0803. The van der Waals surface area contributed by atoms with E-state index in [0.29, 0.717) is 20.2 Å². The number of furan rings is 1. The van der Waals surface area contributed by atoms with Gasteiger partial charge in [-0.2, -0.15) is 0 Å². The number of amides is 1. The van der Waals surface area contributed by atoms with Crippen LogP contribution in [0.25, 0.3) is 11.0 Å². The van der Waals surface area contributed by atoms with Crippen LogP contribution >= 0.6 is 31.9 Å². The number of aromatic hydroxyl groups is 1. The molecule has 21 heavy (non-hydrogen) atoms. The second kappa shape index (κ2) is 5.54. The van der Waals surface area contributed by atoms with E-state index in [1.54, 1.807) is 24.3 Å². The zero-order valence-electron chi connectivity index (χ0n) is 10.6. The summed E-state index contributed by atoms with van der Waals surface area (Å²) >= 11 is 6.43. The molecule has 1 heterocycles. The third-order valence-corrected chi connectivity index (χ3v) is 4.13. The molecule has 0 unspecified atom stereocenters. The van der Waals surface area contributed by atoms with Gasteiger partial charge < -0.3 is 14.8 Å². The van der Waals surface area contributed by atoms with E-state index in [9.17, 15) is 9.90 Å². The van der Waals surface area contributed by atoms with E-state index in [1.165, 1.54) is 0 Å². The normalized spacial score (nSPS) is 10.8. The first-order valence-corrected chi connectivity index (χ1v) is 7.61. The largest absolute Gasteiger partial charge is 0.506 e. The number of rotatable bonds is 2. The molecule has 0 saturated carbocycles. The Morgan fingerprint density at radius 1 is 1.10 bits per heavy atom. The van der Waals surface area contributed by atoms with E-state index < -0.39 is 0 Å². The molecular weight excluding hydrogens is 402 g/mol. The summed E-state index contributed by atoms with van der Waals surface area (Å²) in [5.74, 6) is -0.0380. The highest BCUT2D eigenvalue weighted by Crippen LogP contribution is 2.35. The van der Waals surface area contributed by atoms with Crippen molar-refractivity contribution in [2.24, 2.45) is 0 Å². The van der Waals surface area contributed by atoms with E-state index in [-0.39, 0.29) is 17.4 Å². The lowest BCUT2D eigenvalue weighted by Crippen LogP contribution is -2.10. The lowest BCUT2D eigenvalue weighted by atomic mass is 10.2. The van der Waals surface area contributed by atoms with Crippen LogP contribution in [-0.4, -0.2) is 11.0 Å². The van der Waals surface area contributed by atoms with Crippen LogP contribution in [0.5, 0.6) is 5.75 Å². The van der Waals surface area contributed by atoms with E-state index in [0.717, 1.165) is 5.39 Å². The number of phenolic OH excluding ortho intramolecular Hbond substituents is 1. The SMILES string of the molecule is O=C(Nc1cc(Br)c(O)c(Br)c1)c1cc2ccccc2o1. The fourth-order valence-electron chi connectivity index (χ4n) is 1.92. The van der Waals surface area contributed by atoms with Crippen LogP contribution in [0.15, 0.2) is 55.8 Å². The van der Waals surface area contributed by atoms with Crippen LogP contribution in [0.1, 0.15) is 10.6 Å². The van der Waals surface area contributed by atoms with E-state index in [1.807, 2.05) is 18.2 Å². The van der Waals surface area contributed by atoms with Crippen LogP contribution in [0.4, 0.5) is 5.69 Å². The summed E-state index contributed by atoms with van der Waals surface area (Å²) in [7, 11) is 0. The average molecular weight is 411 g/mol. The number of hydrogen-bond donors (Lipinski definition) is 2. The highest BCUT2D eigenvalue weighted by atomic mass is 79.9. The highest BCUT2D eigenvalue weighted by Gasteiger charge is 2.14. The lowest BCUT2D eigenvalue weighted by molar-refractivity contribution is 0.0998. The number of halogens is 2. The Labute approximate surface area is 137 Å². The van der Waals surface area contributed by atoms with Gasteiger partial charge in [-0.3, -0.25) is 4.79 Å². The van der Waals surface area contributed by atoms with E-state index in [4.69, 9.17) is 4.42 Å². The van der Waals surface area contributed by atoms with Gasteiger partial charge in [0.2, 0.25) is 0 Å². The smallest absolute Gasteiger partial charge is 0.291 e. The molecule has 0 saturated heterocycles. The highest BCUT2D eigenvalue weighted by molar-refractivity contribution is 9.11. The Kier molecular flexibility index (Phi) is 3.73. The van der Waals surface area contributed by atoms with Gasteiger partial charge in [0.05, 0.1) is 8.95 Å². The molecule has 4 nitrogen and oxygen atoms in total. The number of phenols is 1. The molecule has 106 valence electrons. The van der Waals surface area contributed by atoms with Gasteiger partial charge in [-0.25, -0.2) is 0 Å². The first-order valence-electron chi connectivity index (χ1n) is 6.02. The molecule has 0 aliphatic heterocycles. The molecule has 0 bridgehead atoms. The molecule has 1 aromatic heterocycles. The van der Waals surface area contributed by atoms with Crippen molar-refractivity contribution in [1.29, 1.82) is 0 Å². The zero-order valence-corrected chi connectivity index (χ0v) is 13.7. The minimum atomic E-state index is -0.351. The van der Waals surface area contributed by atoms with Crippen LogP contribution in [0.3, 0.4) is 0 Å². The van der Waals surface area contributed by atoms with Gasteiger partial charge in [-0.15, -0.1) is 0 Å². The van der Waals surface area contributed by atoms with Crippen molar-refractivity contribution in [1.82, 2.24) is 0 Å². The quantitative estimate of drug-likeness (QED) is 0.589. The van der Waals surface area contributed by atoms with E-state index in [2.05, 4.69) is 37.2 Å². The Morgan fingerprint density at radius 2 is 1.76 bits per heavy atom. The first kappa shape index (κ1) is 14.2. The number of anilines is 1. The molecule has 0 radical (unpaired) electrons. The second-order valence-electron chi connectivity index (χ2n) is 4.39. The number of fused-ring (bicyclic) bond motifs is 1. The molecule has 6 heteroatoms. The monoisotopic (exact) mass is 409 g/mol. The molecule has 3 rings (SSSR count). The van der Waals surface area contributed by atoms with Crippen molar-refractivity contribution < 1.29 is 14.3 Å². The number of benzene rings is 2. The Balaban J connectivity index is 1.89. The van der Waals surface area contributed by atoms with Crippen LogP contribution in [-0.2, 0) is 0 Å². The van der Waals surface area contributed by atoms with Crippen molar-refractivity contribution in [2.45, 2.75) is 0 Å². The summed E-state index contributed by atoms with van der Waals surface area (Å²) in [6, 6.07) is 12.3. The summed E-state index contributed by atoms with van der Waals surface area (Å²) in [6.07, 6.45) is 0. The summed E-state index contributed by atoms with van der Waals surface area (Å²) in [6.45, 7) is 0. The summed E-state index contributed by atoms with van der Waals surface area (Å²) in [5, 5.41) is 13.2. The van der Waals surface area contributed by atoms with Gasteiger partial charge in [0.15, 0.2) is 5.76 Å². The van der Waals surface area contributed by atoms with Gasteiger partial charge >= 0.3 is 0 Å². The standard InChI is InChI=1S/C15H9Br2NO3/c16-10-6-9(7-11(17)14(10)19)18-15(20)13-5-8-3-1-2-4-12(8)21-13/h1-7,19H,(H,18,20). The number of carbonyl (C=O) groups is 1. The molecule has 3 aromatic rings. The Hall–Kier alpha value is -1.79. The molecule has 2 aromatic carbocycles. The van der Waals surface area contributed by atoms with Crippen LogP contribution in [0.2, 0.25) is 0 Å². The van der Waals surface area contributed by atoms with Crippen molar-refractivity contribution >= 4 is 54.4 Å². The zero-order chi connectivity index (χ0) is 15.0. The fraction of sp³-hybridized carbons (Fsp3) is 0. The minimum Gasteiger partial charge on any atom is -0.506 e. The third-order valence-electron chi connectivity index (χ3n) is 2.92. The van der Waals surface area contributed by atoms with Gasteiger partial charge in [0.1, 0.15) is 11.3 Å². The lowest BCUT2D eigenvalue weighted by Gasteiger charge is -2.06. The van der Waals surface area contributed by atoms with Crippen molar-refractivity contribution in [3.63, 3.8) is 0 Å². The number of para-hydroxylation sites is 1. The maximum atomic E-state index is 12.2. The summed E-state index contributed by atoms with van der Waals surface area (Å²) in [4.78, 5) is 12.2. The predicted octanol–water partition coefficient (Wildman–Crippen LogP) is 4.92. The van der Waals surface area contributed by atoms with Gasteiger partial charge in [0.25, 0.3) is 5.91 Å². The van der Waals surface area contributed by atoms with Crippen LogP contribution in [0, 0.1) is 0 Å².